The van der Waals surface area contributed by atoms with Crippen molar-refractivity contribution in [1.82, 2.24) is 5.32 Å². The number of carbonyl (C=O) groups is 1. The average Bonchev–Trinajstić information content (AvgIpc) is 2.53. The fourth-order valence-corrected chi connectivity index (χ4v) is 2.35. The Labute approximate surface area is 136 Å². The third-order valence-corrected chi connectivity index (χ3v) is 3.75. The van der Waals surface area contributed by atoms with Crippen LogP contribution in [0, 0.1) is 0 Å². The topological polar surface area (TPSA) is 41.1 Å². The van der Waals surface area contributed by atoms with Gasteiger partial charge in [0.05, 0.1) is 0 Å². The van der Waals surface area contributed by atoms with Crippen LogP contribution in [0.25, 0.3) is 0 Å². The molecule has 116 valence electrons. The lowest BCUT2D eigenvalue weighted by Gasteiger charge is -2.15. The zero-order valence-corrected chi connectivity index (χ0v) is 13.7. The molecule has 0 spiro atoms. The van der Waals surface area contributed by atoms with Gasteiger partial charge >= 0.3 is 0 Å². The van der Waals surface area contributed by atoms with Crippen molar-refractivity contribution >= 4 is 23.2 Å². The highest BCUT2D eigenvalue weighted by molar-refractivity contribution is 6.30. The van der Waals surface area contributed by atoms with Gasteiger partial charge in [0, 0.05) is 29.7 Å². The van der Waals surface area contributed by atoms with Gasteiger partial charge in [0.15, 0.2) is 0 Å². The van der Waals surface area contributed by atoms with E-state index in [4.69, 9.17) is 11.6 Å². The Balaban J connectivity index is 1.92. The molecule has 2 N–H and O–H groups in total. The van der Waals surface area contributed by atoms with Crippen LogP contribution in [0.1, 0.15) is 37.4 Å². The molecule has 0 bridgehead atoms. The minimum atomic E-state index is 0.0277. The molecule has 0 aromatic heterocycles. The summed E-state index contributed by atoms with van der Waals surface area (Å²) in [4.78, 5) is 11.4. The van der Waals surface area contributed by atoms with Crippen molar-refractivity contribution in [3.63, 3.8) is 0 Å². The average molecular weight is 317 g/mol. The van der Waals surface area contributed by atoms with E-state index in [0.29, 0.717) is 6.42 Å². The highest BCUT2D eigenvalue weighted by atomic mass is 35.5. The van der Waals surface area contributed by atoms with Crippen LogP contribution in [0.5, 0.6) is 0 Å². The molecule has 2 aromatic rings. The highest BCUT2D eigenvalue weighted by Gasteiger charge is 2.06. The summed E-state index contributed by atoms with van der Waals surface area (Å²) in [5.74, 6) is 0.0277. The van der Waals surface area contributed by atoms with E-state index in [0.717, 1.165) is 22.8 Å². The van der Waals surface area contributed by atoms with Crippen LogP contribution >= 0.6 is 11.6 Å². The molecule has 0 aliphatic heterocycles. The summed E-state index contributed by atoms with van der Waals surface area (Å²) in [6.07, 6.45) is 0.485. The summed E-state index contributed by atoms with van der Waals surface area (Å²) >= 11 is 5.99. The number of amides is 1. The predicted molar refractivity (Wildman–Crippen MR) is 92.1 cm³/mol. The molecule has 0 aliphatic carbocycles. The molecular formula is C18H21ClN2O. The molecule has 22 heavy (non-hydrogen) atoms. The fourth-order valence-electron chi connectivity index (χ4n) is 2.14. The van der Waals surface area contributed by atoms with E-state index in [2.05, 4.69) is 23.6 Å². The number of carbonyl (C=O) groups excluding carboxylic acids is 1. The molecule has 3 nitrogen and oxygen atoms in total. The van der Waals surface area contributed by atoms with E-state index in [1.165, 1.54) is 5.56 Å². The van der Waals surface area contributed by atoms with Gasteiger partial charge in [-0.05, 0) is 42.3 Å². The molecule has 2 rings (SSSR count). The van der Waals surface area contributed by atoms with E-state index < -0.39 is 0 Å². The molecule has 1 amide bonds. The van der Waals surface area contributed by atoms with Gasteiger partial charge in [-0.2, -0.15) is 0 Å². The van der Waals surface area contributed by atoms with Gasteiger partial charge in [0.25, 0.3) is 0 Å². The summed E-state index contributed by atoms with van der Waals surface area (Å²) in [6.45, 7) is 4.71. The second-order valence-electron chi connectivity index (χ2n) is 5.26. The zero-order valence-electron chi connectivity index (χ0n) is 12.9. The molecule has 2 aromatic carbocycles. The Hall–Kier alpha value is -1.84. The molecule has 0 aliphatic rings. The van der Waals surface area contributed by atoms with Crippen molar-refractivity contribution in [3.8, 4) is 0 Å². The van der Waals surface area contributed by atoms with E-state index in [9.17, 15) is 4.79 Å². The van der Waals surface area contributed by atoms with E-state index in [1.807, 2.05) is 49.4 Å². The standard InChI is InChI=1S/C18H21ClN2O/c1-3-18(22)21-17-9-7-15(8-10-17)13(2)20-12-14-5-4-6-16(19)11-14/h4-11,13,20H,3,12H2,1-2H3,(H,21,22). The van der Waals surface area contributed by atoms with Crippen LogP contribution in [0.3, 0.4) is 0 Å². The number of hydrogen-bond donors (Lipinski definition) is 2. The minimum absolute atomic E-state index is 0.0277. The van der Waals surface area contributed by atoms with Gasteiger partial charge in [0.2, 0.25) is 5.91 Å². The Morgan fingerprint density at radius 3 is 2.55 bits per heavy atom. The van der Waals surface area contributed by atoms with Crippen LogP contribution in [0.4, 0.5) is 5.69 Å². The quantitative estimate of drug-likeness (QED) is 0.821. The van der Waals surface area contributed by atoms with Gasteiger partial charge in [-0.1, -0.05) is 42.8 Å². The second-order valence-corrected chi connectivity index (χ2v) is 5.69. The summed E-state index contributed by atoms with van der Waals surface area (Å²) < 4.78 is 0. The molecule has 0 saturated heterocycles. The van der Waals surface area contributed by atoms with Gasteiger partial charge in [-0.3, -0.25) is 4.79 Å². The largest absolute Gasteiger partial charge is 0.326 e. The van der Waals surface area contributed by atoms with Crippen LogP contribution in [-0.4, -0.2) is 5.91 Å². The zero-order chi connectivity index (χ0) is 15.9. The summed E-state index contributed by atoms with van der Waals surface area (Å²) in [5, 5.41) is 7.07. The third kappa shape index (κ3) is 4.86. The first kappa shape index (κ1) is 16.5. The van der Waals surface area contributed by atoms with E-state index in [1.54, 1.807) is 0 Å². The third-order valence-electron chi connectivity index (χ3n) is 3.52. The van der Waals surface area contributed by atoms with Gasteiger partial charge in [-0.25, -0.2) is 0 Å². The van der Waals surface area contributed by atoms with Crippen LogP contribution in [0.15, 0.2) is 48.5 Å². The molecular weight excluding hydrogens is 296 g/mol. The first-order valence-electron chi connectivity index (χ1n) is 7.46. The number of hydrogen-bond acceptors (Lipinski definition) is 2. The molecule has 0 heterocycles. The van der Waals surface area contributed by atoms with Crippen molar-refractivity contribution in [1.29, 1.82) is 0 Å². The monoisotopic (exact) mass is 316 g/mol. The van der Waals surface area contributed by atoms with Crippen LogP contribution < -0.4 is 10.6 Å². The number of halogens is 1. The Morgan fingerprint density at radius 2 is 1.91 bits per heavy atom. The molecule has 0 radical (unpaired) electrons. The minimum Gasteiger partial charge on any atom is -0.326 e. The Kier molecular flexibility index (Phi) is 5.99. The van der Waals surface area contributed by atoms with Crippen LogP contribution in [0.2, 0.25) is 5.02 Å². The maximum atomic E-state index is 11.4. The molecule has 1 unspecified atom stereocenters. The molecule has 1 atom stereocenters. The predicted octanol–water partition coefficient (Wildman–Crippen LogP) is 4.54. The molecule has 0 fully saturated rings. The number of rotatable bonds is 6. The van der Waals surface area contributed by atoms with Crippen molar-refractivity contribution in [3.05, 3.63) is 64.7 Å². The lowest BCUT2D eigenvalue weighted by atomic mass is 10.1. The Morgan fingerprint density at radius 1 is 1.18 bits per heavy atom. The number of benzene rings is 2. The van der Waals surface area contributed by atoms with Crippen molar-refractivity contribution in [2.45, 2.75) is 32.9 Å². The smallest absolute Gasteiger partial charge is 0.224 e. The second kappa shape index (κ2) is 7.97. The lowest BCUT2D eigenvalue weighted by Crippen LogP contribution is -2.18. The Bertz CT molecular complexity index is 625. The van der Waals surface area contributed by atoms with Crippen LogP contribution in [-0.2, 0) is 11.3 Å². The maximum Gasteiger partial charge on any atom is 0.224 e. The SMILES string of the molecule is CCC(=O)Nc1ccc(C(C)NCc2cccc(Cl)c2)cc1. The van der Waals surface area contributed by atoms with Crippen molar-refractivity contribution < 1.29 is 4.79 Å². The molecule has 0 saturated carbocycles. The lowest BCUT2D eigenvalue weighted by molar-refractivity contribution is -0.115. The molecule has 4 heteroatoms. The normalized spacial score (nSPS) is 12.0. The van der Waals surface area contributed by atoms with Gasteiger partial charge in [0.1, 0.15) is 0 Å². The summed E-state index contributed by atoms with van der Waals surface area (Å²) in [6, 6.07) is 16.0. The highest BCUT2D eigenvalue weighted by Crippen LogP contribution is 2.17. The van der Waals surface area contributed by atoms with E-state index >= 15 is 0 Å². The van der Waals surface area contributed by atoms with Crippen molar-refractivity contribution in [2.75, 3.05) is 5.32 Å². The number of anilines is 1. The maximum absolute atomic E-state index is 11.4. The van der Waals surface area contributed by atoms with E-state index in [-0.39, 0.29) is 11.9 Å². The summed E-state index contributed by atoms with van der Waals surface area (Å²) in [5.41, 5.74) is 3.17. The number of nitrogens with one attached hydrogen (secondary N) is 2. The summed E-state index contributed by atoms with van der Waals surface area (Å²) in [7, 11) is 0. The van der Waals surface area contributed by atoms with Gasteiger partial charge < -0.3 is 10.6 Å². The van der Waals surface area contributed by atoms with Crippen molar-refractivity contribution in [2.24, 2.45) is 0 Å². The first-order valence-corrected chi connectivity index (χ1v) is 7.84. The fraction of sp³-hybridized carbons (Fsp3) is 0.278. The van der Waals surface area contributed by atoms with Gasteiger partial charge in [-0.15, -0.1) is 0 Å². The first-order chi connectivity index (χ1) is 10.6.